The lowest BCUT2D eigenvalue weighted by atomic mass is 10.3. The van der Waals surface area contributed by atoms with E-state index in [1.165, 1.54) is 0 Å². The zero-order valence-electron chi connectivity index (χ0n) is 3.89. The molecule has 0 aliphatic rings. The van der Waals surface area contributed by atoms with Crippen LogP contribution in [-0.4, -0.2) is 12.2 Å². The number of carbonyl (C=O) groups excluding carboxylic acids is 2. The van der Waals surface area contributed by atoms with E-state index in [-0.39, 0.29) is 20.3 Å². The van der Waals surface area contributed by atoms with Crippen molar-refractivity contribution in [3.05, 3.63) is 0 Å². The molecule has 0 aliphatic heterocycles. The Bertz CT molecular complexity index is 80.5. The fraction of sp³-hybridized carbons (Fsp3) is 0.600. The SMILES string of the molecule is C.NC(=O)CCC=O. The Labute approximate surface area is 48.9 Å². The van der Waals surface area contributed by atoms with E-state index >= 15 is 0 Å². The Morgan fingerprint density at radius 1 is 1.62 bits per heavy atom. The van der Waals surface area contributed by atoms with E-state index in [2.05, 4.69) is 5.73 Å². The Morgan fingerprint density at radius 2 is 2.12 bits per heavy atom. The van der Waals surface area contributed by atoms with Crippen LogP contribution in [0.3, 0.4) is 0 Å². The van der Waals surface area contributed by atoms with Gasteiger partial charge in [-0.3, -0.25) is 4.79 Å². The Morgan fingerprint density at radius 3 is 2.25 bits per heavy atom. The third-order valence-corrected chi connectivity index (χ3v) is 0.509. The number of hydrogen-bond donors (Lipinski definition) is 1. The van der Waals surface area contributed by atoms with E-state index in [4.69, 9.17) is 0 Å². The summed E-state index contributed by atoms with van der Waals surface area (Å²) in [5, 5.41) is 0. The molecule has 2 N–H and O–H groups in total. The molecule has 0 atom stereocenters. The van der Waals surface area contributed by atoms with Crippen molar-refractivity contribution >= 4 is 12.2 Å². The third kappa shape index (κ3) is 8.94. The second kappa shape index (κ2) is 6.14. The van der Waals surface area contributed by atoms with E-state index in [1.807, 2.05) is 0 Å². The maximum Gasteiger partial charge on any atom is 0.217 e. The van der Waals surface area contributed by atoms with Gasteiger partial charge in [0, 0.05) is 12.8 Å². The fourth-order valence-corrected chi connectivity index (χ4v) is 0.201. The van der Waals surface area contributed by atoms with Crippen molar-refractivity contribution in [3.8, 4) is 0 Å². The maximum absolute atomic E-state index is 9.82. The minimum absolute atomic E-state index is 0. The van der Waals surface area contributed by atoms with Crippen LogP contribution >= 0.6 is 0 Å². The Hall–Kier alpha value is -0.860. The van der Waals surface area contributed by atoms with Gasteiger partial charge in [-0.2, -0.15) is 0 Å². The van der Waals surface area contributed by atoms with Crippen LogP contribution in [0.1, 0.15) is 20.3 Å². The zero-order chi connectivity index (χ0) is 5.70. The molecule has 3 nitrogen and oxygen atoms in total. The van der Waals surface area contributed by atoms with Crippen LogP contribution in [0, 0.1) is 0 Å². The molecule has 0 aromatic heterocycles. The summed E-state index contributed by atoms with van der Waals surface area (Å²) in [5.41, 5.74) is 4.68. The monoisotopic (exact) mass is 117 g/mol. The molecule has 1 amide bonds. The maximum atomic E-state index is 9.82. The second-order valence-electron chi connectivity index (χ2n) is 1.17. The molecule has 48 valence electrons. The first-order chi connectivity index (χ1) is 3.27. The van der Waals surface area contributed by atoms with Crippen molar-refractivity contribution < 1.29 is 9.59 Å². The summed E-state index contributed by atoms with van der Waals surface area (Å²) in [4.78, 5) is 19.3. The molecule has 0 spiro atoms. The predicted octanol–water partition coefficient (Wildman–Crippen LogP) is 0.0869. The van der Waals surface area contributed by atoms with E-state index in [9.17, 15) is 9.59 Å². The largest absolute Gasteiger partial charge is 0.370 e. The molecule has 0 bridgehead atoms. The molecular weight excluding hydrogens is 106 g/mol. The number of hydrogen-bond acceptors (Lipinski definition) is 2. The van der Waals surface area contributed by atoms with E-state index < -0.39 is 5.91 Å². The summed E-state index contributed by atoms with van der Waals surface area (Å²) in [5.74, 6) is -0.424. The molecule has 0 fully saturated rings. The first-order valence-corrected chi connectivity index (χ1v) is 1.99. The molecule has 0 saturated carbocycles. The van der Waals surface area contributed by atoms with Crippen LogP contribution in [0.4, 0.5) is 0 Å². The van der Waals surface area contributed by atoms with Crippen LogP contribution in [0.5, 0.6) is 0 Å². The molecule has 0 aromatic carbocycles. The van der Waals surface area contributed by atoms with Crippen molar-refractivity contribution in [1.29, 1.82) is 0 Å². The predicted molar refractivity (Wildman–Crippen MR) is 31.2 cm³/mol. The molecular formula is C5H11NO2. The fourth-order valence-electron chi connectivity index (χ4n) is 0.201. The lowest BCUT2D eigenvalue weighted by Crippen LogP contribution is -2.09. The molecule has 0 saturated heterocycles. The summed E-state index contributed by atoms with van der Waals surface area (Å²) < 4.78 is 0. The molecule has 0 heterocycles. The first-order valence-electron chi connectivity index (χ1n) is 1.99. The Kier molecular flexibility index (Phi) is 7.82. The van der Waals surface area contributed by atoms with Gasteiger partial charge in [-0.25, -0.2) is 0 Å². The van der Waals surface area contributed by atoms with Crippen LogP contribution in [0.2, 0.25) is 0 Å². The highest BCUT2D eigenvalue weighted by Gasteiger charge is 1.88. The van der Waals surface area contributed by atoms with Crippen molar-refractivity contribution in [3.63, 3.8) is 0 Å². The van der Waals surface area contributed by atoms with Crippen molar-refractivity contribution in [1.82, 2.24) is 0 Å². The molecule has 8 heavy (non-hydrogen) atoms. The normalized spacial score (nSPS) is 7.00. The van der Waals surface area contributed by atoms with Crippen LogP contribution in [-0.2, 0) is 9.59 Å². The van der Waals surface area contributed by atoms with Gasteiger partial charge in [0.2, 0.25) is 5.91 Å². The number of primary amides is 1. The number of amides is 1. The second-order valence-corrected chi connectivity index (χ2v) is 1.17. The average Bonchev–Trinajstić information content (AvgIpc) is 1.61. The highest BCUT2D eigenvalue weighted by molar-refractivity contribution is 5.76. The van der Waals surface area contributed by atoms with Gasteiger partial charge in [-0.1, -0.05) is 7.43 Å². The molecule has 0 radical (unpaired) electrons. The van der Waals surface area contributed by atoms with Gasteiger partial charge in [0.05, 0.1) is 0 Å². The van der Waals surface area contributed by atoms with Crippen molar-refractivity contribution in [2.24, 2.45) is 5.73 Å². The molecule has 0 unspecified atom stereocenters. The van der Waals surface area contributed by atoms with Gasteiger partial charge in [-0.15, -0.1) is 0 Å². The van der Waals surface area contributed by atoms with Gasteiger partial charge >= 0.3 is 0 Å². The lowest BCUT2D eigenvalue weighted by molar-refractivity contribution is -0.119. The first kappa shape index (κ1) is 10.2. The van der Waals surface area contributed by atoms with E-state index in [1.54, 1.807) is 0 Å². The van der Waals surface area contributed by atoms with Gasteiger partial charge < -0.3 is 10.5 Å². The highest BCUT2D eigenvalue weighted by Crippen LogP contribution is 1.78. The summed E-state index contributed by atoms with van der Waals surface area (Å²) >= 11 is 0. The van der Waals surface area contributed by atoms with Crippen molar-refractivity contribution in [2.45, 2.75) is 20.3 Å². The standard InChI is InChI=1S/C4H7NO2.CH4/c5-4(7)2-1-3-6;/h3H,1-2H2,(H2,5,7);1H4. The van der Waals surface area contributed by atoms with Gasteiger partial charge in [-0.05, 0) is 0 Å². The molecule has 0 aromatic rings. The molecule has 0 rings (SSSR count). The summed E-state index contributed by atoms with van der Waals surface area (Å²) in [6.45, 7) is 0. The number of rotatable bonds is 3. The summed E-state index contributed by atoms with van der Waals surface area (Å²) in [6, 6.07) is 0. The van der Waals surface area contributed by atoms with Crippen LogP contribution in [0.25, 0.3) is 0 Å². The smallest absolute Gasteiger partial charge is 0.217 e. The van der Waals surface area contributed by atoms with Crippen LogP contribution < -0.4 is 5.73 Å². The van der Waals surface area contributed by atoms with E-state index in [0.29, 0.717) is 6.29 Å². The number of nitrogens with two attached hydrogens (primary N) is 1. The summed E-state index contributed by atoms with van der Waals surface area (Å²) in [7, 11) is 0. The minimum Gasteiger partial charge on any atom is -0.370 e. The summed E-state index contributed by atoms with van der Waals surface area (Å²) in [6.07, 6.45) is 1.09. The van der Waals surface area contributed by atoms with Gasteiger partial charge in [0.1, 0.15) is 6.29 Å². The zero-order valence-corrected chi connectivity index (χ0v) is 3.89. The number of carbonyl (C=O) groups is 2. The molecule has 3 heteroatoms. The average molecular weight is 117 g/mol. The highest BCUT2D eigenvalue weighted by atomic mass is 16.1. The topological polar surface area (TPSA) is 60.2 Å². The van der Waals surface area contributed by atoms with E-state index in [0.717, 1.165) is 0 Å². The molecule has 0 aliphatic carbocycles. The van der Waals surface area contributed by atoms with Crippen LogP contribution in [0.15, 0.2) is 0 Å². The quantitative estimate of drug-likeness (QED) is 0.532. The number of aldehydes is 1. The minimum atomic E-state index is -0.424. The van der Waals surface area contributed by atoms with Gasteiger partial charge in [0.15, 0.2) is 0 Å². The van der Waals surface area contributed by atoms with Crippen molar-refractivity contribution in [2.75, 3.05) is 0 Å². The van der Waals surface area contributed by atoms with Gasteiger partial charge in [0.25, 0.3) is 0 Å². The lowest BCUT2D eigenvalue weighted by Gasteiger charge is -1.81. The Balaban J connectivity index is 0. The third-order valence-electron chi connectivity index (χ3n) is 0.509.